The second kappa shape index (κ2) is 6.08. The third-order valence-electron chi connectivity index (χ3n) is 2.02. The third-order valence-corrected chi connectivity index (χ3v) is 3.32. The van der Waals surface area contributed by atoms with Crippen LogP contribution in [0.4, 0.5) is 8.78 Å². The zero-order valence-corrected chi connectivity index (χ0v) is 9.36. The molecule has 0 aliphatic heterocycles. The highest BCUT2D eigenvalue weighted by molar-refractivity contribution is 7.98. The number of halogens is 2. The zero-order chi connectivity index (χ0) is 11.3. The molecule has 4 heteroatoms. The van der Waals surface area contributed by atoms with Gasteiger partial charge in [0, 0.05) is 17.9 Å². The van der Waals surface area contributed by atoms with Crippen LogP contribution < -0.4 is 0 Å². The molecule has 84 valence electrons. The van der Waals surface area contributed by atoms with Gasteiger partial charge in [-0.3, -0.25) is 0 Å². The first-order chi connectivity index (χ1) is 7.15. The summed E-state index contributed by atoms with van der Waals surface area (Å²) in [4.78, 5) is 0. The van der Waals surface area contributed by atoms with E-state index < -0.39 is 11.6 Å². The first-order valence-electron chi connectivity index (χ1n) is 4.76. The van der Waals surface area contributed by atoms with Crippen molar-refractivity contribution in [3.05, 3.63) is 35.4 Å². The van der Waals surface area contributed by atoms with E-state index in [9.17, 15) is 8.78 Å². The van der Waals surface area contributed by atoms with Gasteiger partial charge < -0.3 is 5.11 Å². The Morgan fingerprint density at radius 3 is 2.47 bits per heavy atom. The molecule has 0 aliphatic rings. The van der Waals surface area contributed by atoms with Gasteiger partial charge >= 0.3 is 0 Å². The molecule has 0 amide bonds. The number of aliphatic hydroxyl groups excluding tert-OH is 1. The van der Waals surface area contributed by atoms with E-state index in [-0.39, 0.29) is 18.1 Å². The Balaban J connectivity index is 2.50. The van der Waals surface area contributed by atoms with Crippen molar-refractivity contribution < 1.29 is 13.9 Å². The molecule has 15 heavy (non-hydrogen) atoms. The Morgan fingerprint density at radius 2 is 1.93 bits per heavy atom. The van der Waals surface area contributed by atoms with Crippen LogP contribution >= 0.6 is 11.8 Å². The van der Waals surface area contributed by atoms with Crippen LogP contribution in [0.5, 0.6) is 0 Å². The van der Waals surface area contributed by atoms with Gasteiger partial charge in [-0.05, 0) is 23.8 Å². The summed E-state index contributed by atoms with van der Waals surface area (Å²) in [6.07, 6.45) is 0. The maximum Gasteiger partial charge on any atom is 0.130 e. The molecule has 0 spiro atoms. The molecule has 1 nitrogen and oxygen atoms in total. The molecule has 0 heterocycles. The van der Waals surface area contributed by atoms with Crippen LogP contribution in [0.25, 0.3) is 0 Å². The van der Waals surface area contributed by atoms with Gasteiger partial charge in [-0.1, -0.05) is 13.0 Å². The summed E-state index contributed by atoms with van der Waals surface area (Å²) in [7, 11) is 0. The molecule has 1 aromatic rings. The third kappa shape index (κ3) is 3.80. The minimum Gasteiger partial charge on any atom is -0.396 e. The highest BCUT2D eigenvalue weighted by atomic mass is 32.2. The number of aliphatic hydroxyl groups is 1. The van der Waals surface area contributed by atoms with Crippen molar-refractivity contribution in [1.29, 1.82) is 0 Å². The van der Waals surface area contributed by atoms with Crippen molar-refractivity contribution in [1.82, 2.24) is 0 Å². The first kappa shape index (κ1) is 12.5. The van der Waals surface area contributed by atoms with Crippen LogP contribution in [0.2, 0.25) is 0 Å². The molecule has 1 rings (SSSR count). The average Bonchev–Trinajstić information content (AvgIpc) is 2.22. The molecule has 0 saturated heterocycles. The van der Waals surface area contributed by atoms with Crippen molar-refractivity contribution in [3.8, 4) is 0 Å². The van der Waals surface area contributed by atoms with Crippen molar-refractivity contribution in [2.75, 3.05) is 12.4 Å². The zero-order valence-electron chi connectivity index (χ0n) is 8.54. The summed E-state index contributed by atoms with van der Waals surface area (Å²) in [5, 5.41) is 8.78. The fraction of sp³-hybridized carbons (Fsp3) is 0.455. The molecule has 0 aromatic heterocycles. The lowest BCUT2D eigenvalue weighted by Gasteiger charge is -2.08. The molecule has 0 bridgehead atoms. The van der Waals surface area contributed by atoms with Crippen LogP contribution in [-0.4, -0.2) is 17.5 Å². The van der Waals surface area contributed by atoms with E-state index in [4.69, 9.17) is 5.11 Å². The van der Waals surface area contributed by atoms with Gasteiger partial charge in [0.1, 0.15) is 11.6 Å². The lowest BCUT2D eigenvalue weighted by Crippen LogP contribution is -2.04. The Labute approximate surface area is 92.5 Å². The van der Waals surface area contributed by atoms with E-state index >= 15 is 0 Å². The molecular weight excluding hydrogens is 218 g/mol. The van der Waals surface area contributed by atoms with Crippen molar-refractivity contribution in [2.24, 2.45) is 5.92 Å². The standard InChI is InChI=1S/C11H14F2OS/c1-8(5-14)6-15-7-9-10(12)3-2-4-11(9)13/h2-4,8,14H,5-7H2,1H3. The molecule has 1 unspecified atom stereocenters. The minimum atomic E-state index is -0.501. The fourth-order valence-electron chi connectivity index (χ4n) is 1.09. The molecule has 1 atom stereocenters. The van der Waals surface area contributed by atoms with E-state index in [1.54, 1.807) is 0 Å². The van der Waals surface area contributed by atoms with Gasteiger partial charge in [0.05, 0.1) is 0 Å². The summed E-state index contributed by atoms with van der Waals surface area (Å²) < 4.78 is 26.3. The molecule has 0 fully saturated rings. The topological polar surface area (TPSA) is 20.2 Å². The summed E-state index contributed by atoms with van der Waals surface area (Å²) in [5.74, 6) is 0.163. The minimum absolute atomic E-state index is 0.104. The van der Waals surface area contributed by atoms with Crippen molar-refractivity contribution in [3.63, 3.8) is 0 Å². The first-order valence-corrected chi connectivity index (χ1v) is 5.92. The molecule has 0 aliphatic carbocycles. The number of benzene rings is 1. The number of hydrogen-bond acceptors (Lipinski definition) is 2. The van der Waals surface area contributed by atoms with Crippen molar-refractivity contribution >= 4 is 11.8 Å². The van der Waals surface area contributed by atoms with Crippen LogP contribution in [-0.2, 0) is 5.75 Å². The van der Waals surface area contributed by atoms with Gasteiger partial charge in [-0.15, -0.1) is 0 Å². The van der Waals surface area contributed by atoms with E-state index in [0.29, 0.717) is 11.5 Å². The second-order valence-electron chi connectivity index (χ2n) is 3.50. The molecule has 0 radical (unpaired) electrons. The smallest absolute Gasteiger partial charge is 0.130 e. The molecule has 1 aromatic carbocycles. The Kier molecular flexibility index (Phi) is 5.05. The molecule has 1 N–H and O–H groups in total. The van der Waals surface area contributed by atoms with Gasteiger partial charge in [-0.25, -0.2) is 8.78 Å². The fourth-order valence-corrected chi connectivity index (χ4v) is 2.19. The maximum absolute atomic E-state index is 13.2. The molecular formula is C11H14F2OS. The number of rotatable bonds is 5. The maximum atomic E-state index is 13.2. The lowest BCUT2D eigenvalue weighted by atomic mass is 10.2. The van der Waals surface area contributed by atoms with Gasteiger partial charge in [0.25, 0.3) is 0 Å². The highest BCUT2D eigenvalue weighted by Crippen LogP contribution is 2.20. The molecule has 0 saturated carbocycles. The predicted octanol–water partition coefficient (Wildman–Crippen LogP) is 2.83. The quantitative estimate of drug-likeness (QED) is 0.842. The monoisotopic (exact) mass is 232 g/mol. The van der Waals surface area contributed by atoms with Crippen LogP contribution in [0.15, 0.2) is 18.2 Å². The summed E-state index contributed by atoms with van der Waals surface area (Å²) in [6.45, 7) is 2.00. The Hall–Kier alpha value is -0.610. The Morgan fingerprint density at radius 1 is 1.33 bits per heavy atom. The summed E-state index contributed by atoms with van der Waals surface area (Å²) >= 11 is 1.43. The normalized spacial score (nSPS) is 12.8. The van der Waals surface area contributed by atoms with Crippen LogP contribution in [0.1, 0.15) is 12.5 Å². The van der Waals surface area contributed by atoms with E-state index in [1.165, 1.54) is 30.0 Å². The van der Waals surface area contributed by atoms with E-state index in [2.05, 4.69) is 0 Å². The predicted molar refractivity (Wildman–Crippen MR) is 58.8 cm³/mol. The van der Waals surface area contributed by atoms with Gasteiger partial charge in [0.15, 0.2) is 0 Å². The summed E-state index contributed by atoms with van der Waals surface area (Å²) in [6, 6.07) is 3.87. The average molecular weight is 232 g/mol. The van der Waals surface area contributed by atoms with E-state index in [0.717, 1.165) is 0 Å². The highest BCUT2D eigenvalue weighted by Gasteiger charge is 2.08. The number of thioether (sulfide) groups is 1. The van der Waals surface area contributed by atoms with Gasteiger partial charge in [-0.2, -0.15) is 11.8 Å². The lowest BCUT2D eigenvalue weighted by molar-refractivity contribution is 0.250. The van der Waals surface area contributed by atoms with Crippen molar-refractivity contribution in [2.45, 2.75) is 12.7 Å². The van der Waals surface area contributed by atoms with E-state index in [1.807, 2.05) is 6.92 Å². The SMILES string of the molecule is CC(CO)CSCc1c(F)cccc1F. The Bertz CT molecular complexity index is 297. The summed E-state index contributed by atoms with van der Waals surface area (Å²) in [5.41, 5.74) is 0.118. The van der Waals surface area contributed by atoms with Crippen LogP contribution in [0, 0.1) is 17.6 Å². The second-order valence-corrected chi connectivity index (χ2v) is 4.53. The number of hydrogen-bond donors (Lipinski definition) is 1. The largest absolute Gasteiger partial charge is 0.396 e. The van der Waals surface area contributed by atoms with Crippen LogP contribution in [0.3, 0.4) is 0 Å². The van der Waals surface area contributed by atoms with Gasteiger partial charge in [0.2, 0.25) is 0 Å².